The molecule has 0 aromatic heterocycles. The lowest BCUT2D eigenvalue weighted by Crippen LogP contribution is -2.41. The SMILES string of the molecule is CC(C)c1ccc(N)c(C=N)c1B1OC(C)(C)C(C)(C)O1. The number of hydrogen-bond donors (Lipinski definition) is 2. The summed E-state index contributed by atoms with van der Waals surface area (Å²) in [6.45, 7) is 12.3. The van der Waals surface area contributed by atoms with Crippen molar-refractivity contribution < 1.29 is 9.31 Å². The van der Waals surface area contributed by atoms with Crippen LogP contribution in [0.25, 0.3) is 0 Å². The van der Waals surface area contributed by atoms with Crippen molar-refractivity contribution in [1.29, 1.82) is 5.41 Å². The summed E-state index contributed by atoms with van der Waals surface area (Å²) in [5.74, 6) is 0.304. The average Bonchev–Trinajstić information content (AvgIpc) is 2.57. The monoisotopic (exact) mass is 288 g/mol. The third kappa shape index (κ3) is 2.60. The number of nitrogens with one attached hydrogen (secondary N) is 1. The zero-order chi connectivity index (χ0) is 16.0. The zero-order valence-corrected chi connectivity index (χ0v) is 13.8. The van der Waals surface area contributed by atoms with Crippen LogP contribution in [0.4, 0.5) is 5.69 Å². The highest BCUT2D eigenvalue weighted by atomic mass is 16.7. The normalized spacial score (nSPS) is 20.0. The van der Waals surface area contributed by atoms with E-state index in [1.54, 1.807) is 0 Å². The van der Waals surface area contributed by atoms with Crippen molar-refractivity contribution in [2.24, 2.45) is 0 Å². The van der Waals surface area contributed by atoms with Crippen molar-refractivity contribution in [3.05, 3.63) is 23.3 Å². The molecule has 0 saturated carbocycles. The minimum atomic E-state index is -0.493. The number of rotatable bonds is 3. The van der Waals surface area contributed by atoms with Crippen molar-refractivity contribution in [1.82, 2.24) is 0 Å². The third-order valence-electron chi connectivity index (χ3n) is 4.61. The van der Waals surface area contributed by atoms with Crippen LogP contribution in [0.2, 0.25) is 0 Å². The van der Waals surface area contributed by atoms with Gasteiger partial charge in [0.05, 0.1) is 11.2 Å². The Hall–Kier alpha value is -1.33. The average molecular weight is 288 g/mol. The summed E-state index contributed by atoms with van der Waals surface area (Å²) in [4.78, 5) is 0. The molecular weight excluding hydrogens is 263 g/mol. The first-order valence-electron chi connectivity index (χ1n) is 7.39. The van der Waals surface area contributed by atoms with Crippen LogP contribution in [-0.4, -0.2) is 24.5 Å². The second kappa shape index (κ2) is 5.14. The van der Waals surface area contributed by atoms with Gasteiger partial charge in [0.25, 0.3) is 0 Å². The lowest BCUT2D eigenvalue weighted by atomic mass is 9.70. The largest absolute Gasteiger partial charge is 0.495 e. The Balaban J connectivity index is 2.59. The van der Waals surface area contributed by atoms with Crippen molar-refractivity contribution in [3.63, 3.8) is 0 Å². The molecule has 1 aliphatic rings. The molecule has 0 bridgehead atoms. The van der Waals surface area contributed by atoms with Crippen LogP contribution in [0.5, 0.6) is 0 Å². The maximum Gasteiger partial charge on any atom is 0.495 e. The van der Waals surface area contributed by atoms with E-state index in [1.807, 2.05) is 39.8 Å². The summed E-state index contributed by atoms with van der Waals surface area (Å²) in [5.41, 5.74) is 8.50. The Morgan fingerprint density at radius 1 is 1.14 bits per heavy atom. The minimum Gasteiger partial charge on any atom is -0.399 e. The lowest BCUT2D eigenvalue weighted by Gasteiger charge is -2.32. The predicted octanol–water partition coefficient (Wildman–Crippen LogP) is 2.69. The molecule has 1 heterocycles. The van der Waals surface area contributed by atoms with Gasteiger partial charge in [-0.05, 0) is 50.7 Å². The number of anilines is 1. The Kier molecular flexibility index (Phi) is 3.93. The first kappa shape index (κ1) is 16.1. The van der Waals surface area contributed by atoms with Crippen molar-refractivity contribution in [2.45, 2.75) is 58.7 Å². The van der Waals surface area contributed by atoms with E-state index in [0.29, 0.717) is 17.2 Å². The number of benzene rings is 1. The summed E-state index contributed by atoms with van der Waals surface area (Å²) in [6, 6.07) is 3.86. The predicted molar refractivity (Wildman–Crippen MR) is 88.5 cm³/mol. The van der Waals surface area contributed by atoms with Crippen LogP contribution in [0.15, 0.2) is 12.1 Å². The summed E-state index contributed by atoms with van der Waals surface area (Å²) in [5, 5.41) is 7.71. The lowest BCUT2D eigenvalue weighted by molar-refractivity contribution is 0.00578. The smallest absolute Gasteiger partial charge is 0.399 e. The maximum absolute atomic E-state index is 7.71. The van der Waals surface area contributed by atoms with Gasteiger partial charge in [0, 0.05) is 17.5 Å². The van der Waals surface area contributed by atoms with Crippen molar-refractivity contribution in [2.75, 3.05) is 5.73 Å². The fourth-order valence-corrected chi connectivity index (χ4v) is 2.56. The molecule has 4 nitrogen and oxygen atoms in total. The molecule has 3 N–H and O–H groups in total. The molecule has 5 heteroatoms. The Labute approximate surface area is 127 Å². The van der Waals surface area contributed by atoms with Gasteiger partial charge >= 0.3 is 7.12 Å². The minimum absolute atomic E-state index is 0.304. The molecular formula is C16H25BN2O2. The summed E-state index contributed by atoms with van der Waals surface area (Å²) < 4.78 is 12.3. The first-order chi connectivity index (χ1) is 9.60. The summed E-state index contributed by atoms with van der Waals surface area (Å²) in [6.07, 6.45) is 1.29. The molecule has 0 radical (unpaired) electrons. The van der Waals surface area contributed by atoms with Gasteiger partial charge in [0.15, 0.2) is 0 Å². The van der Waals surface area contributed by atoms with E-state index in [4.69, 9.17) is 20.5 Å². The molecule has 1 aliphatic heterocycles. The zero-order valence-electron chi connectivity index (χ0n) is 13.8. The molecule has 0 amide bonds. The van der Waals surface area contributed by atoms with Gasteiger partial charge < -0.3 is 20.5 Å². The highest BCUT2D eigenvalue weighted by Crippen LogP contribution is 2.37. The molecule has 0 aliphatic carbocycles. The van der Waals surface area contributed by atoms with Crippen LogP contribution in [0, 0.1) is 5.41 Å². The van der Waals surface area contributed by atoms with Gasteiger partial charge in [0.2, 0.25) is 0 Å². The van der Waals surface area contributed by atoms with Crippen LogP contribution in [-0.2, 0) is 9.31 Å². The standard InChI is InChI=1S/C16H25BN2O2/c1-10(2)11-7-8-13(19)12(9-18)14(11)17-20-15(3,4)16(5,6)21-17/h7-10,18H,19H2,1-6H3. The molecule has 0 atom stereocenters. The van der Waals surface area contributed by atoms with Crippen molar-refractivity contribution >= 4 is 24.5 Å². The van der Waals surface area contributed by atoms with Gasteiger partial charge in [0.1, 0.15) is 0 Å². The fourth-order valence-electron chi connectivity index (χ4n) is 2.56. The highest BCUT2D eigenvalue weighted by molar-refractivity contribution is 6.64. The van der Waals surface area contributed by atoms with E-state index in [1.165, 1.54) is 6.21 Å². The van der Waals surface area contributed by atoms with Crippen molar-refractivity contribution in [3.8, 4) is 0 Å². The van der Waals surface area contributed by atoms with E-state index in [2.05, 4.69) is 13.8 Å². The van der Waals surface area contributed by atoms with Gasteiger partial charge in [-0.2, -0.15) is 0 Å². The Morgan fingerprint density at radius 3 is 2.10 bits per heavy atom. The van der Waals surface area contributed by atoms with Crippen LogP contribution < -0.4 is 11.2 Å². The van der Waals surface area contributed by atoms with E-state index < -0.39 is 18.3 Å². The first-order valence-corrected chi connectivity index (χ1v) is 7.39. The summed E-state index contributed by atoms with van der Waals surface area (Å²) >= 11 is 0. The fraction of sp³-hybridized carbons (Fsp3) is 0.562. The maximum atomic E-state index is 7.71. The number of hydrogen-bond acceptors (Lipinski definition) is 4. The van der Waals surface area contributed by atoms with Gasteiger partial charge in [-0.15, -0.1) is 0 Å². The molecule has 2 rings (SSSR count). The molecule has 0 spiro atoms. The molecule has 21 heavy (non-hydrogen) atoms. The van der Waals surface area contributed by atoms with Crippen LogP contribution >= 0.6 is 0 Å². The second-order valence-electron chi connectivity index (χ2n) is 6.96. The van der Waals surface area contributed by atoms with Crippen LogP contribution in [0.1, 0.15) is 58.6 Å². The van der Waals surface area contributed by atoms with E-state index in [0.717, 1.165) is 11.0 Å². The number of nitrogens with two attached hydrogens (primary N) is 1. The third-order valence-corrected chi connectivity index (χ3v) is 4.61. The highest BCUT2D eigenvalue weighted by Gasteiger charge is 2.52. The number of nitrogen functional groups attached to an aromatic ring is 1. The Bertz CT molecular complexity index is 552. The van der Waals surface area contributed by atoms with Crippen LogP contribution in [0.3, 0.4) is 0 Å². The van der Waals surface area contributed by atoms with Gasteiger partial charge in [-0.1, -0.05) is 19.9 Å². The van der Waals surface area contributed by atoms with E-state index in [-0.39, 0.29) is 0 Å². The van der Waals surface area contributed by atoms with E-state index in [9.17, 15) is 0 Å². The molecule has 1 fully saturated rings. The second-order valence-corrected chi connectivity index (χ2v) is 6.96. The molecule has 1 aromatic carbocycles. The summed E-state index contributed by atoms with van der Waals surface area (Å²) in [7, 11) is -0.493. The molecule has 114 valence electrons. The molecule has 1 saturated heterocycles. The van der Waals surface area contributed by atoms with Gasteiger partial charge in [-0.25, -0.2) is 0 Å². The molecule has 1 aromatic rings. The van der Waals surface area contributed by atoms with Gasteiger partial charge in [-0.3, -0.25) is 0 Å². The quantitative estimate of drug-likeness (QED) is 0.510. The molecule has 0 unspecified atom stereocenters. The Morgan fingerprint density at radius 2 is 1.67 bits per heavy atom. The van der Waals surface area contributed by atoms with E-state index >= 15 is 0 Å². The topological polar surface area (TPSA) is 68.3 Å².